The van der Waals surface area contributed by atoms with E-state index in [4.69, 9.17) is 14.5 Å². The topological polar surface area (TPSA) is 92.7 Å². The second-order valence-electron chi connectivity index (χ2n) is 9.19. The summed E-state index contributed by atoms with van der Waals surface area (Å²) < 4.78 is 10.7. The number of aromatic nitrogens is 3. The van der Waals surface area contributed by atoms with E-state index >= 15 is 0 Å². The van der Waals surface area contributed by atoms with Gasteiger partial charge in [0.1, 0.15) is 22.3 Å². The molecule has 1 aliphatic heterocycles. The third-order valence-corrected chi connectivity index (χ3v) is 7.97. The molecule has 9 nitrogen and oxygen atoms in total. The number of amides is 1. The van der Waals surface area contributed by atoms with E-state index < -0.39 is 0 Å². The van der Waals surface area contributed by atoms with Crippen molar-refractivity contribution in [2.75, 3.05) is 56.7 Å². The molecule has 1 amide bonds. The first kappa shape index (κ1) is 25.7. The van der Waals surface area contributed by atoms with Gasteiger partial charge in [-0.25, -0.2) is 15.0 Å². The largest absolute Gasteiger partial charge is 0.493 e. The van der Waals surface area contributed by atoms with Crippen molar-refractivity contribution < 1.29 is 14.3 Å². The van der Waals surface area contributed by atoms with Gasteiger partial charge in [0.15, 0.2) is 11.5 Å². The molecule has 5 rings (SSSR count). The van der Waals surface area contributed by atoms with E-state index in [1.165, 1.54) is 11.3 Å². The average Bonchev–Trinajstić information content (AvgIpc) is 3.28. The minimum atomic E-state index is -0.0884. The second kappa shape index (κ2) is 11.2. The maximum absolute atomic E-state index is 13.2. The number of benzene rings is 1. The summed E-state index contributed by atoms with van der Waals surface area (Å²) >= 11 is 1.43. The zero-order valence-electron chi connectivity index (χ0n) is 22.2. The van der Waals surface area contributed by atoms with Crippen LogP contribution in [-0.2, 0) is 6.42 Å². The van der Waals surface area contributed by atoms with Crippen LogP contribution in [0.2, 0.25) is 0 Å². The van der Waals surface area contributed by atoms with Crippen molar-refractivity contribution in [2.45, 2.75) is 20.3 Å². The fraction of sp³-hybridized carbons (Fsp3) is 0.357. The minimum Gasteiger partial charge on any atom is -0.493 e. The lowest BCUT2D eigenvalue weighted by Crippen LogP contribution is -2.47. The van der Waals surface area contributed by atoms with Crippen molar-refractivity contribution in [2.24, 2.45) is 0 Å². The summed E-state index contributed by atoms with van der Waals surface area (Å²) in [5.41, 5.74) is 1.99. The smallest absolute Gasteiger partial charge is 0.261 e. The van der Waals surface area contributed by atoms with E-state index in [1.807, 2.05) is 56.4 Å². The Balaban J connectivity index is 1.30. The predicted molar refractivity (Wildman–Crippen MR) is 151 cm³/mol. The van der Waals surface area contributed by atoms with Crippen molar-refractivity contribution in [3.05, 3.63) is 64.4 Å². The third-order valence-electron chi connectivity index (χ3n) is 6.79. The Morgan fingerprint density at radius 1 is 1.00 bits per heavy atom. The molecule has 4 heterocycles. The maximum Gasteiger partial charge on any atom is 0.261 e. The second-order valence-corrected chi connectivity index (χ2v) is 10.2. The number of pyridine rings is 1. The van der Waals surface area contributed by atoms with Crippen LogP contribution in [0.4, 0.5) is 11.6 Å². The minimum absolute atomic E-state index is 0.0884. The van der Waals surface area contributed by atoms with E-state index in [2.05, 4.69) is 25.1 Å². The van der Waals surface area contributed by atoms with E-state index in [-0.39, 0.29) is 5.91 Å². The number of piperazine rings is 1. The van der Waals surface area contributed by atoms with Crippen molar-refractivity contribution in [1.82, 2.24) is 20.3 Å². The van der Waals surface area contributed by atoms with Crippen molar-refractivity contribution in [3.63, 3.8) is 0 Å². The molecule has 0 saturated carbocycles. The molecule has 0 radical (unpaired) electrons. The third kappa shape index (κ3) is 5.22. The number of methoxy groups -OCH3 is 2. The van der Waals surface area contributed by atoms with Gasteiger partial charge in [0.05, 0.1) is 24.5 Å². The molecule has 1 aliphatic rings. The van der Waals surface area contributed by atoms with Crippen LogP contribution in [0.1, 0.15) is 26.6 Å². The number of aryl methyl sites for hydroxylation is 2. The molecule has 0 aliphatic carbocycles. The number of nitrogens with zero attached hydrogens (tertiary/aromatic N) is 5. The molecule has 1 aromatic carbocycles. The van der Waals surface area contributed by atoms with Crippen LogP contribution in [0.25, 0.3) is 10.2 Å². The number of hydrogen-bond donors (Lipinski definition) is 1. The van der Waals surface area contributed by atoms with Gasteiger partial charge >= 0.3 is 0 Å². The number of rotatable bonds is 8. The predicted octanol–water partition coefficient (Wildman–Crippen LogP) is 4.02. The molecule has 0 bridgehead atoms. The van der Waals surface area contributed by atoms with Crippen LogP contribution in [-0.4, -0.2) is 67.8 Å². The molecular weight excluding hydrogens is 500 g/mol. The Hall–Kier alpha value is -3.92. The number of carbonyl (C=O) groups is 1. The number of hydrogen-bond acceptors (Lipinski definition) is 9. The van der Waals surface area contributed by atoms with Crippen LogP contribution in [0.5, 0.6) is 11.5 Å². The normalized spacial score (nSPS) is 13.6. The number of ether oxygens (including phenoxy) is 2. The molecule has 38 heavy (non-hydrogen) atoms. The van der Waals surface area contributed by atoms with Crippen LogP contribution >= 0.6 is 11.3 Å². The van der Waals surface area contributed by atoms with Gasteiger partial charge in [-0.1, -0.05) is 12.1 Å². The maximum atomic E-state index is 13.2. The number of anilines is 2. The fourth-order valence-corrected chi connectivity index (χ4v) is 5.93. The van der Waals surface area contributed by atoms with Crippen LogP contribution < -0.4 is 24.6 Å². The highest BCUT2D eigenvalue weighted by Crippen LogP contribution is 2.36. The average molecular weight is 533 g/mol. The Labute approximate surface area is 226 Å². The van der Waals surface area contributed by atoms with Crippen LogP contribution in [0, 0.1) is 13.8 Å². The van der Waals surface area contributed by atoms with Crippen LogP contribution in [0.15, 0.2) is 42.6 Å². The van der Waals surface area contributed by atoms with Gasteiger partial charge in [-0.15, -0.1) is 11.3 Å². The lowest BCUT2D eigenvalue weighted by atomic mass is 10.1. The van der Waals surface area contributed by atoms with E-state index in [1.54, 1.807) is 14.2 Å². The summed E-state index contributed by atoms with van der Waals surface area (Å²) in [6.07, 6.45) is 2.51. The molecule has 3 aromatic heterocycles. The van der Waals surface area contributed by atoms with Crippen molar-refractivity contribution >= 4 is 39.1 Å². The van der Waals surface area contributed by atoms with Gasteiger partial charge in [0.2, 0.25) is 0 Å². The molecular formula is C28H32N6O3S. The first-order valence-electron chi connectivity index (χ1n) is 12.7. The summed E-state index contributed by atoms with van der Waals surface area (Å²) in [4.78, 5) is 33.3. The summed E-state index contributed by atoms with van der Waals surface area (Å²) in [5, 5.41) is 4.05. The molecule has 4 aromatic rings. The first-order chi connectivity index (χ1) is 18.5. The summed E-state index contributed by atoms with van der Waals surface area (Å²) in [7, 11) is 3.23. The molecule has 1 saturated heterocycles. The molecule has 0 unspecified atom stereocenters. The zero-order valence-corrected chi connectivity index (χ0v) is 23.0. The quantitative estimate of drug-likeness (QED) is 0.364. The lowest BCUT2D eigenvalue weighted by Gasteiger charge is -2.36. The van der Waals surface area contributed by atoms with Crippen molar-refractivity contribution in [3.8, 4) is 11.5 Å². The van der Waals surface area contributed by atoms with Gasteiger partial charge < -0.3 is 24.6 Å². The number of nitrogens with one attached hydrogen (secondary N) is 1. The Morgan fingerprint density at radius 3 is 2.47 bits per heavy atom. The monoisotopic (exact) mass is 532 g/mol. The van der Waals surface area contributed by atoms with Crippen molar-refractivity contribution in [1.29, 1.82) is 0 Å². The number of thiophene rings is 1. The molecule has 10 heteroatoms. The SMILES string of the molecule is COc1ccc(CCNC(=O)c2sc3nc(C)nc(N4CCN(c5ccccn5)CC4)c3c2C)cc1OC. The van der Waals surface area contributed by atoms with Gasteiger partial charge in [0.25, 0.3) is 5.91 Å². The lowest BCUT2D eigenvalue weighted by molar-refractivity contribution is 0.0957. The summed E-state index contributed by atoms with van der Waals surface area (Å²) in [5.74, 6) is 3.89. The van der Waals surface area contributed by atoms with Gasteiger partial charge in [-0.2, -0.15) is 0 Å². The molecule has 1 N–H and O–H groups in total. The first-order valence-corrected chi connectivity index (χ1v) is 13.5. The van der Waals surface area contributed by atoms with E-state index in [0.717, 1.165) is 59.2 Å². The molecule has 198 valence electrons. The molecule has 0 spiro atoms. The van der Waals surface area contributed by atoms with Gasteiger partial charge in [0, 0.05) is 38.9 Å². The fourth-order valence-electron chi connectivity index (χ4n) is 4.79. The van der Waals surface area contributed by atoms with Gasteiger partial charge in [-0.05, 0) is 55.7 Å². The highest BCUT2D eigenvalue weighted by molar-refractivity contribution is 7.20. The Kier molecular flexibility index (Phi) is 7.59. The number of carbonyl (C=O) groups excluding carboxylic acids is 1. The summed E-state index contributed by atoms with van der Waals surface area (Å²) in [6, 6.07) is 11.8. The number of fused-ring (bicyclic) bond motifs is 1. The summed E-state index contributed by atoms with van der Waals surface area (Å²) in [6.45, 7) is 7.77. The highest BCUT2D eigenvalue weighted by atomic mass is 32.1. The molecule has 0 atom stereocenters. The van der Waals surface area contributed by atoms with E-state index in [0.29, 0.717) is 35.2 Å². The Morgan fingerprint density at radius 2 is 1.76 bits per heavy atom. The van der Waals surface area contributed by atoms with E-state index in [9.17, 15) is 4.79 Å². The zero-order chi connectivity index (χ0) is 26.6. The molecule has 1 fully saturated rings. The van der Waals surface area contributed by atoms with Gasteiger partial charge in [-0.3, -0.25) is 4.79 Å². The van der Waals surface area contributed by atoms with Crippen LogP contribution in [0.3, 0.4) is 0 Å². The Bertz CT molecular complexity index is 1430. The standard InChI is InChI=1S/C28H32N6O3S/c1-18-24-26(34-15-13-33(14-16-34)23-7-5-6-11-29-23)31-19(2)32-28(24)38-25(18)27(35)30-12-10-20-8-9-21(36-3)22(17-20)37-4/h5-9,11,17H,10,12-16H2,1-4H3,(H,30,35). The highest BCUT2D eigenvalue weighted by Gasteiger charge is 2.25.